The second-order valence-electron chi connectivity index (χ2n) is 6.58. The van der Waals surface area contributed by atoms with Crippen molar-refractivity contribution in [3.63, 3.8) is 0 Å². The third kappa shape index (κ3) is 4.76. The Morgan fingerprint density at radius 3 is 2.44 bits per heavy atom. The van der Waals surface area contributed by atoms with Crippen molar-refractivity contribution >= 4 is 33.2 Å². The van der Waals surface area contributed by atoms with Crippen LogP contribution in [0, 0.1) is 0 Å². The average molecular weight is 398 g/mol. The van der Waals surface area contributed by atoms with Crippen LogP contribution in [-0.2, 0) is 28.6 Å². The third-order valence-electron chi connectivity index (χ3n) is 4.57. The molecule has 0 fully saturated rings. The van der Waals surface area contributed by atoms with Gasteiger partial charge in [-0.3, -0.25) is 0 Å². The molecule has 0 aromatic heterocycles. The number of hydrogen-bond acceptors (Lipinski definition) is 2. The van der Waals surface area contributed by atoms with E-state index in [9.17, 15) is 8.42 Å². The van der Waals surface area contributed by atoms with Crippen LogP contribution in [0.4, 0.5) is 0 Å². The highest BCUT2D eigenvalue weighted by Crippen LogP contribution is 2.26. The van der Waals surface area contributed by atoms with Crippen LogP contribution in [0.5, 0.6) is 0 Å². The number of fused-ring (bicyclic) bond motifs is 1. The summed E-state index contributed by atoms with van der Waals surface area (Å²) in [5, 5.41) is 0.773. The summed E-state index contributed by atoms with van der Waals surface area (Å²) in [6.07, 6.45) is 4.63. The van der Waals surface area contributed by atoms with E-state index >= 15 is 0 Å². The summed E-state index contributed by atoms with van der Waals surface area (Å²) in [7, 11) is -3.48. The fourth-order valence-electron chi connectivity index (χ4n) is 3.25. The zero-order chi connectivity index (χ0) is 18.0. The quantitative estimate of drug-likeness (QED) is 0.766. The maximum Gasteiger partial charge on any atom is 0.216 e. The lowest BCUT2D eigenvalue weighted by atomic mass is 9.89. The van der Waals surface area contributed by atoms with Crippen LogP contribution in [0.2, 0.25) is 10.0 Å². The summed E-state index contributed by atoms with van der Waals surface area (Å²) in [5.74, 6) is -0.126. The molecule has 134 valence electrons. The molecule has 0 spiro atoms. The Bertz CT molecular complexity index is 881. The first-order valence-electron chi connectivity index (χ1n) is 8.40. The van der Waals surface area contributed by atoms with E-state index in [1.807, 2.05) is 13.0 Å². The molecule has 1 aliphatic carbocycles. The van der Waals surface area contributed by atoms with E-state index in [0.29, 0.717) is 15.6 Å². The molecule has 25 heavy (non-hydrogen) atoms. The summed E-state index contributed by atoms with van der Waals surface area (Å²) in [6.45, 7) is 1.87. The topological polar surface area (TPSA) is 46.2 Å². The van der Waals surface area contributed by atoms with Crippen molar-refractivity contribution in [1.82, 2.24) is 4.72 Å². The largest absolute Gasteiger partial charge is 0.216 e. The SMILES string of the molecule is CC(NS(=O)(=O)Cc1ccc(Cl)c(Cl)c1)c1ccc2c(c1)CCCC2. The van der Waals surface area contributed by atoms with Gasteiger partial charge in [-0.15, -0.1) is 0 Å². The molecule has 1 atom stereocenters. The molecule has 0 amide bonds. The second-order valence-corrected chi connectivity index (χ2v) is 9.15. The molecule has 1 N–H and O–H groups in total. The Hall–Kier alpha value is -1.07. The molecular weight excluding hydrogens is 377 g/mol. The molecule has 3 nitrogen and oxygen atoms in total. The van der Waals surface area contributed by atoms with Gasteiger partial charge in [0.15, 0.2) is 0 Å². The Kier molecular flexibility index (Phi) is 5.74. The highest BCUT2D eigenvalue weighted by atomic mass is 35.5. The van der Waals surface area contributed by atoms with E-state index in [4.69, 9.17) is 23.2 Å². The van der Waals surface area contributed by atoms with Crippen LogP contribution >= 0.6 is 23.2 Å². The van der Waals surface area contributed by atoms with Crippen LogP contribution in [0.15, 0.2) is 36.4 Å². The minimum absolute atomic E-state index is 0.126. The smallest absolute Gasteiger partial charge is 0.212 e. The fraction of sp³-hybridized carbons (Fsp3) is 0.368. The van der Waals surface area contributed by atoms with Crippen LogP contribution in [0.1, 0.15) is 48.1 Å². The number of rotatable bonds is 5. The Labute approximate surface area is 159 Å². The molecular formula is C19H21Cl2NO2S. The van der Waals surface area contributed by atoms with Gasteiger partial charge in [-0.05, 0) is 67.0 Å². The van der Waals surface area contributed by atoms with Gasteiger partial charge in [-0.1, -0.05) is 47.5 Å². The zero-order valence-electron chi connectivity index (χ0n) is 14.1. The van der Waals surface area contributed by atoms with Crippen LogP contribution in [0.25, 0.3) is 0 Å². The van der Waals surface area contributed by atoms with Crippen LogP contribution in [0.3, 0.4) is 0 Å². The fourth-order valence-corrected chi connectivity index (χ4v) is 4.95. The van der Waals surface area contributed by atoms with Crippen LogP contribution in [-0.4, -0.2) is 8.42 Å². The maximum atomic E-state index is 12.5. The summed E-state index contributed by atoms with van der Waals surface area (Å²) < 4.78 is 27.7. The average Bonchev–Trinajstić information content (AvgIpc) is 2.57. The van der Waals surface area contributed by atoms with Crippen molar-refractivity contribution in [1.29, 1.82) is 0 Å². The number of sulfonamides is 1. The molecule has 0 saturated heterocycles. The zero-order valence-corrected chi connectivity index (χ0v) is 16.4. The Balaban J connectivity index is 1.72. The lowest BCUT2D eigenvalue weighted by Crippen LogP contribution is -2.28. The highest BCUT2D eigenvalue weighted by molar-refractivity contribution is 7.88. The molecule has 3 rings (SSSR count). The number of nitrogens with one attached hydrogen (secondary N) is 1. The van der Waals surface area contributed by atoms with E-state index in [1.165, 1.54) is 24.0 Å². The van der Waals surface area contributed by atoms with Gasteiger partial charge in [-0.2, -0.15) is 0 Å². The highest BCUT2D eigenvalue weighted by Gasteiger charge is 2.18. The molecule has 0 saturated carbocycles. The predicted molar refractivity (Wildman–Crippen MR) is 104 cm³/mol. The summed E-state index contributed by atoms with van der Waals surface area (Å²) >= 11 is 11.8. The Morgan fingerprint density at radius 2 is 1.72 bits per heavy atom. The first-order chi connectivity index (χ1) is 11.8. The molecule has 0 bridgehead atoms. The lowest BCUT2D eigenvalue weighted by molar-refractivity contribution is 0.565. The second kappa shape index (κ2) is 7.67. The molecule has 2 aromatic rings. The van der Waals surface area contributed by atoms with Crippen molar-refractivity contribution in [3.8, 4) is 0 Å². The third-order valence-corrected chi connectivity index (χ3v) is 6.73. The molecule has 0 heterocycles. The van der Waals surface area contributed by atoms with Crippen molar-refractivity contribution in [2.24, 2.45) is 0 Å². The molecule has 1 aliphatic rings. The summed E-state index contributed by atoms with van der Waals surface area (Å²) in [6, 6.07) is 10.9. The molecule has 0 aliphatic heterocycles. The van der Waals surface area contributed by atoms with Gasteiger partial charge < -0.3 is 0 Å². The molecule has 1 unspecified atom stereocenters. The number of aryl methyl sites for hydroxylation is 2. The Morgan fingerprint density at radius 1 is 1.00 bits per heavy atom. The minimum Gasteiger partial charge on any atom is -0.212 e. The lowest BCUT2D eigenvalue weighted by Gasteiger charge is -2.20. The van der Waals surface area contributed by atoms with Gasteiger partial charge in [0.05, 0.1) is 15.8 Å². The van der Waals surface area contributed by atoms with E-state index in [2.05, 4.69) is 16.9 Å². The van der Waals surface area contributed by atoms with Crippen molar-refractivity contribution < 1.29 is 8.42 Å². The normalized spacial score (nSPS) is 15.6. The number of halogens is 2. The first-order valence-corrected chi connectivity index (χ1v) is 10.8. The molecule has 2 aromatic carbocycles. The van der Waals surface area contributed by atoms with E-state index < -0.39 is 10.0 Å². The predicted octanol–water partition coefficient (Wildman–Crippen LogP) is 5.05. The minimum atomic E-state index is -3.48. The van der Waals surface area contributed by atoms with Gasteiger partial charge in [0, 0.05) is 6.04 Å². The van der Waals surface area contributed by atoms with Crippen molar-refractivity contribution in [2.75, 3.05) is 0 Å². The van der Waals surface area contributed by atoms with E-state index in [-0.39, 0.29) is 11.8 Å². The van der Waals surface area contributed by atoms with Gasteiger partial charge in [0.1, 0.15) is 0 Å². The standard InChI is InChI=1S/C19H21Cl2NO2S/c1-13(16-8-7-15-4-2-3-5-17(15)11-16)22-25(23,24)12-14-6-9-18(20)19(21)10-14/h6-11,13,22H,2-5,12H2,1H3. The van der Waals surface area contributed by atoms with Gasteiger partial charge in [-0.25, -0.2) is 13.1 Å². The van der Waals surface area contributed by atoms with E-state index in [1.54, 1.807) is 18.2 Å². The first kappa shape index (κ1) is 18.7. The molecule has 6 heteroatoms. The van der Waals surface area contributed by atoms with E-state index in [0.717, 1.165) is 18.4 Å². The van der Waals surface area contributed by atoms with Crippen LogP contribution < -0.4 is 4.72 Å². The van der Waals surface area contributed by atoms with Crippen molar-refractivity contribution in [3.05, 3.63) is 68.7 Å². The van der Waals surface area contributed by atoms with Crippen molar-refractivity contribution in [2.45, 2.75) is 44.4 Å². The summed E-state index contributed by atoms with van der Waals surface area (Å²) in [4.78, 5) is 0. The molecule has 0 radical (unpaired) electrons. The van der Waals surface area contributed by atoms with Gasteiger partial charge in [0.2, 0.25) is 10.0 Å². The van der Waals surface area contributed by atoms with Gasteiger partial charge in [0.25, 0.3) is 0 Å². The number of hydrogen-bond donors (Lipinski definition) is 1. The van der Waals surface area contributed by atoms with Gasteiger partial charge >= 0.3 is 0 Å². The monoisotopic (exact) mass is 397 g/mol. The number of benzene rings is 2. The summed E-state index contributed by atoms with van der Waals surface area (Å²) in [5.41, 5.74) is 4.35. The maximum absolute atomic E-state index is 12.5.